The fourth-order valence-corrected chi connectivity index (χ4v) is 3.43. The normalized spacial score (nSPS) is 23.6. The minimum absolute atomic E-state index is 0.190. The molecule has 2 heterocycles. The van der Waals surface area contributed by atoms with Crippen LogP contribution in [0.5, 0.6) is 0 Å². The van der Waals surface area contributed by atoms with Crippen molar-refractivity contribution in [3.8, 4) is 0 Å². The maximum atomic E-state index is 4.98. The van der Waals surface area contributed by atoms with Gasteiger partial charge in [0.05, 0.1) is 11.0 Å². The Morgan fingerprint density at radius 1 is 1.37 bits per heavy atom. The van der Waals surface area contributed by atoms with Gasteiger partial charge in [-0.15, -0.1) is 0 Å². The van der Waals surface area contributed by atoms with Gasteiger partial charge in [-0.2, -0.15) is 0 Å². The highest BCUT2D eigenvalue weighted by Crippen LogP contribution is 2.38. The van der Waals surface area contributed by atoms with Gasteiger partial charge >= 0.3 is 0 Å². The number of nitrogens with zero attached hydrogens (tertiary/aromatic N) is 2. The molecule has 1 aliphatic heterocycles. The summed E-state index contributed by atoms with van der Waals surface area (Å²) < 4.78 is 2.41. The van der Waals surface area contributed by atoms with Gasteiger partial charge in [0.2, 0.25) is 0 Å². The maximum Gasteiger partial charge on any atom is 0.117 e. The van der Waals surface area contributed by atoms with Gasteiger partial charge in [-0.3, -0.25) is 0 Å². The Morgan fingerprint density at radius 2 is 2.16 bits per heavy atom. The van der Waals surface area contributed by atoms with Crippen molar-refractivity contribution in [3.05, 3.63) is 30.1 Å². The quantitative estimate of drug-likeness (QED) is 0.916. The van der Waals surface area contributed by atoms with E-state index < -0.39 is 0 Å². The second-order valence-electron chi connectivity index (χ2n) is 5.91. The summed E-state index contributed by atoms with van der Waals surface area (Å²) >= 11 is 0. The number of benzene rings is 1. The average molecular weight is 257 g/mol. The van der Waals surface area contributed by atoms with Crippen LogP contribution in [0.2, 0.25) is 0 Å². The largest absolute Gasteiger partial charge is 0.328 e. The van der Waals surface area contributed by atoms with Crippen LogP contribution in [0.25, 0.3) is 11.0 Å². The summed E-state index contributed by atoms with van der Waals surface area (Å²) in [4.78, 5) is 4.98. The van der Waals surface area contributed by atoms with E-state index in [4.69, 9.17) is 4.98 Å². The fourth-order valence-electron chi connectivity index (χ4n) is 3.43. The number of fused-ring (bicyclic) bond motifs is 1. The first-order valence-electron chi connectivity index (χ1n) is 7.35. The number of nitrogens with one attached hydrogen (secondary N) is 1. The average Bonchev–Trinajstić information content (AvgIpc) is 3.03. The summed E-state index contributed by atoms with van der Waals surface area (Å²) in [6, 6.07) is 8.50. The molecule has 1 N–H and O–H groups in total. The third-order valence-corrected chi connectivity index (χ3v) is 4.71. The molecule has 0 radical (unpaired) electrons. The molecular weight excluding hydrogens is 234 g/mol. The molecule has 0 spiro atoms. The van der Waals surface area contributed by atoms with Crippen molar-refractivity contribution in [1.29, 1.82) is 0 Å². The molecule has 0 amide bonds. The van der Waals surface area contributed by atoms with E-state index in [1.807, 2.05) is 0 Å². The van der Waals surface area contributed by atoms with Crippen LogP contribution in [0.15, 0.2) is 24.3 Å². The SMILES string of the molecule is CCn1c(C2(C(C)C)CCNC2)nc2ccccc21. The molecule has 1 unspecified atom stereocenters. The standard InChI is InChI=1S/C16H23N3/c1-4-19-14-8-6-5-7-13(14)18-15(19)16(12(2)3)9-10-17-11-16/h5-8,12,17H,4,9-11H2,1-3H3. The summed E-state index contributed by atoms with van der Waals surface area (Å²) in [5, 5.41) is 3.54. The van der Waals surface area contributed by atoms with Gasteiger partial charge in [-0.05, 0) is 37.9 Å². The molecule has 1 fully saturated rings. The molecule has 1 saturated heterocycles. The molecule has 0 aliphatic carbocycles. The lowest BCUT2D eigenvalue weighted by Crippen LogP contribution is -2.37. The number of para-hydroxylation sites is 2. The van der Waals surface area contributed by atoms with Crippen LogP contribution in [0.1, 0.15) is 33.0 Å². The van der Waals surface area contributed by atoms with Crippen LogP contribution in [0.4, 0.5) is 0 Å². The lowest BCUT2D eigenvalue weighted by molar-refractivity contribution is 0.308. The molecule has 1 aliphatic rings. The topological polar surface area (TPSA) is 29.9 Å². The van der Waals surface area contributed by atoms with Crippen molar-refractivity contribution in [3.63, 3.8) is 0 Å². The summed E-state index contributed by atoms with van der Waals surface area (Å²) in [6.45, 7) is 10.0. The van der Waals surface area contributed by atoms with E-state index in [2.05, 4.69) is 54.9 Å². The Labute approximate surface area is 115 Å². The molecule has 0 saturated carbocycles. The van der Waals surface area contributed by atoms with Crippen molar-refractivity contribution in [1.82, 2.24) is 14.9 Å². The maximum absolute atomic E-state index is 4.98. The Kier molecular flexibility index (Phi) is 3.09. The van der Waals surface area contributed by atoms with Crippen molar-refractivity contribution in [2.24, 2.45) is 5.92 Å². The Morgan fingerprint density at radius 3 is 2.79 bits per heavy atom. The summed E-state index contributed by atoms with van der Waals surface area (Å²) in [6.07, 6.45) is 1.19. The predicted octanol–water partition coefficient (Wildman–Crippen LogP) is 2.94. The summed E-state index contributed by atoms with van der Waals surface area (Å²) in [5.41, 5.74) is 2.59. The lowest BCUT2D eigenvalue weighted by Gasteiger charge is -2.32. The number of aromatic nitrogens is 2. The molecule has 1 aromatic heterocycles. The predicted molar refractivity (Wildman–Crippen MR) is 79.4 cm³/mol. The molecule has 1 aromatic carbocycles. The van der Waals surface area contributed by atoms with Gasteiger partial charge in [0.25, 0.3) is 0 Å². The van der Waals surface area contributed by atoms with Gasteiger partial charge in [-0.1, -0.05) is 26.0 Å². The highest BCUT2D eigenvalue weighted by atomic mass is 15.1. The van der Waals surface area contributed by atoms with Crippen LogP contribution in [0.3, 0.4) is 0 Å². The summed E-state index contributed by atoms with van der Waals surface area (Å²) in [5.74, 6) is 1.88. The summed E-state index contributed by atoms with van der Waals surface area (Å²) in [7, 11) is 0. The van der Waals surface area contributed by atoms with E-state index in [-0.39, 0.29) is 5.41 Å². The molecule has 2 aromatic rings. The van der Waals surface area contributed by atoms with Crippen LogP contribution in [0, 0.1) is 5.92 Å². The fraction of sp³-hybridized carbons (Fsp3) is 0.562. The second-order valence-corrected chi connectivity index (χ2v) is 5.91. The number of aryl methyl sites for hydroxylation is 1. The number of hydrogen-bond acceptors (Lipinski definition) is 2. The van der Waals surface area contributed by atoms with Gasteiger partial charge < -0.3 is 9.88 Å². The molecule has 19 heavy (non-hydrogen) atoms. The zero-order valence-corrected chi connectivity index (χ0v) is 12.1. The van der Waals surface area contributed by atoms with E-state index in [1.165, 1.54) is 17.8 Å². The minimum atomic E-state index is 0.190. The second kappa shape index (κ2) is 4.64. The van der Waals surface area contributed by atoms with E-state index in [1.54, 1.807) is 0 Å². The smallest absolute Gasteiger partial charge is 0.117 e. The van der Waals surface area contributed by atoms with Crippen LogP contribution >= 0.6 is 0 Å². The number of rotatable bonds is 3. The van der Waals surface area contributed by atoms with Gasteiger partial charge in [-0.25, -0.2) is 4.98 Å². The number of hydrogen-bond donors (Lipinski definition) is 1. The molecular formula is C16H23N3. The van der Waals surface area contributed by atoms with Crippen molar-refractivity contribution < 1.29 is 0 Å². The van der Waals surface area contributed by atoms with Crippen LogP contribution in [-0.2, 0) is 12.0 Å². The molecule has 3 nitrogen and oxygen atoms in total. The Bertz CT molecular complexity index is 577. The zero-order chi connectivity index (χ0) is 13.5. The van der Waals surface area contributed by atoms with Gasteiger partial charge in [0, 0.05) is 18.5 Å². The van der Waals surface area contributed by atoms with E-state index in [9.17, 15) is 0 Å². The monoisotopic (exact) mass is 257 g/mol. The molecule has 3 rings (SSSR count). The molecule has 1 atom stereocenters. The highest BCUT2D eigenvalue weighted by Gasteiger charge is 2.42. The van der Waals surface area contributed by atoms with Crippen molar-refractivity contribution in [2.75, 3.05) is 13.1 Å². The van der Waals surface area contributed by atoms with Gasteiger partial charge in [0.15, 0.2) is 0 Å². The lowest BCUT2D eigenvalue weighted by atomic mass is 9.75. The first-order valence-corrected chi connectivity index (χ1v) is 7.35. The van der Waals surface area contributed by atoms with E-state index in [0.29, 0.717) is 5.92 Å². The van der Waals surface area contributed by atoms with Crippen molar-refractivity contribution in [2.45, 2.75) is 39.2 Å². The highest BCUT2D eigenvalue weighted by molar-refractivity contribution is 5.76. The zero-order valence-electron chi connectivity index (χ0n) is 12.1. The molecule has 3 heteroatoms. The van der Waals surface area contributed by atoms with E-state index in [0.717, 1.165) is 25.2 Å². The van der Waals surface area contributed by atoms with E-state index >= 15 is 0 Å². The van der Waals surface area contributed by atoms with Crippen molar-refractivity contribution >= 4 is 11.0 Å². The van der Waals surface area contributed by atoms with Crippen LogP contribution in [-0.4, -0.2) is 22.6 Å². The third-order valence-electron chi connectivity index (χ3n) is 4.71. The molecule has 0 bridgehead atoms. The van der Waals surface area contributed by atoms with Crippen LogP contribution < -0.4 is 5.32 Å². The Balaban J connectivity index is 2.23. The van der Waals surface area contributed by atoms with Gasteiger partial charge in [0.1, 0.15) is 5.82 Å². The molecule has 102 valence electrons. The third kappa shape index (κ3) is 1.79. The first-order chi connectivity index (χ1) is 9.19. The first kappa shape index (κ1) is 12.7. The minimum Gasteiger partial charge on any atom is -0.328 e. The Hall–Kier alpha value is -1.35. The number of imidazole rings is 1.